The number of thioether (sulfide) groups is 2. The van der Waals surface area contributed by atoms with Crippen LogP contribution in [-0.4, -0.2) is 90.0 Å². The van der Waals surface area contributed by atoms with E-state index in [9.17, 15) is 14.7 Å². The third kappa shape index (κ3) is 5.27. The SMILES string of the molecule is CC(C)CC(=O)C(C(=O)O)=C1SC(N2CCOCC2)C(N2CCOCC2)S1. The molecule has 0 radical (unpaired) electrons. The van der Waals surface area contributed by atoms with Crippen LogP contribution in [0.25, 0.3) is 0 Å². The van der Waals surface area contributed by atoms with Gasteiger partial charge >= 0.3 is 5.97 Å². The summed E-state index contributed by atoms with van der Waals surface area (Å²) in [6.45, 7) is 9.94. The van der Waals surface area contributed by atoms with Crippen molar-refractivity contribution in [3.05, 3.63) is 9.81 Å². The van der Waals surface area contributed by atoms with E-state index in [1.807, 2.05) is 13.8 Å². The minimum Gasteiger partial charge on any atom is -0.478 e. The highest BCUT2D eigenvalue weighted by Crippen LogP contribution is 2.51. The Morgan fingerprint density at radius 1 is 1.00 bits per heavy atom. The maximum atomic E-state index is 12.6. The van der Waals surface area contributed by atoms with E-state index < -0.39 is 5.97 Å². The van der Waals surface area contributed by atoms with Gasteiger partial charge in [-0.1, -0.05) is 37.4 Å². The lowest BCUT2D eigenvalue weighted by atomic mass is 10.0. The third-order valence-corrected chi connectivity index (χ3v) is 7.98. The van der Waals surface area contributed by atoms with Gasteiger partial charge in [0.25, 0.3) is 0 Å². The Labute approximate surface area is 168 Å². The Balaban J connectivity index is 1.87. The summed E-state index contributed by atoms with van der Waals surface area (Å²) in [6, 6.07) is 0. The quantitative estimate of drug-likeness (QED) is 0.395. The van der Waals surface area contributed by atoms with E-state index in [1.165, 1.54) is 23.5 Å². The molecule has 2 atom stereocenters. The van der Waals surface area contributed by atoms with Gasteiger partial charge in [-0.3, -0.25) is 14.6 Å². The van der Waals surface area contributed by atoms with Crippen molar-refractivity contribution in [2.45, 2.75) is 31.0 Å². The molecule has 0 aliphatic carbocycles. The van der Waals surface area contributed by atoms with Gasteiger partial charge in [-0.25, -0.2) is 4.79 Å². The monoisotopic (exact) mass is 416 g/mol. The summed E-state index contributed by atoms with van der Waals surface area (Å²) in [6.07, 6.45) is 0.261. The van der Waals surface area contributed by atoms with Crippen LogP contribution in [0.2, 0.25) is 0 Å². The van der Waals surface area contributed by atoms with Crippen LogP contribution in [0.3, 0.4) is 0 Å². The van der Waals surface area contributed by atoms with Crippen molar-refractivity contribution in [1.29, 1.82) is 0 Å². The summed E-state index contributed by atoms with van der Waals surface area (Å²) in [5, 5.41) is 9.98. The maximum absolute atomic E-state index is 12.6. The number of carbonyl (C=O) groups is 2. The van der Waals surface area contributed by atoms with Crippen LogP contribution in [0.1, 0.15) is 20.3 Å². The van der Waals surface area contributed by atoms with E-state index >= 15 is 0 Å². The molecule has 0 aromatic rings. The summed E-state index contributed by atoms with van der Waals surface area (Å²) >= 11 is 3.08. The molecule has 7 nitrogen and oxygen atoms in total. The molecule has 3 aliphatic rings. The van der Waals surface area contributed by atoms with Crippen LogP contribution < -0.4 is 0 Å². The fraction of sp³-hybridized carbons (Fsp3) is 0.778. The topological polar surface area (TPSA) is 79.3 Å². The highest BCUT2D eigenvalue weighted by molar-refractivity contribution is 8.26. The molecular formula is C18H28N2O5S2. The van der Waals surface area contributed by atoms with Crippen molar-refractivity contribution < 1.29 is 24.2 Å². The van der Waals surface area contributed by atoms with Crippen LogP contribution in [0.15, 0.2) is 9.81 Å². The molecule has 3 aliphatic heterocycles. The van der Waals surface area contributed by atoms with E-state index in [2.05, 4.69) is 9.80 Å². The Bertz CT molecular complexity index is 558. The molecule has 27 heavy (non-hydrogen) atoms. The average Bonchev–Trinajstić information content (AvgIpc) is 3.07. The predicted molar refractivity (Wildman–Crippen MR) is 107 cm³/mol. The predicted octanol–water partition coefficient (Wildman–Crippen LogP) is 1.69. The summed E-state index contributed by atoms with van der Waals surface area (Å²) in [7, 11) is 0. The first-order valence-corrected chi connectivity index (χ1v) is 11.2. The number of hydrogen-bond donors (Lipinski definition) is 1. The summed E-state index contributed by atoms with van der Waals surface area (Å²) in [4.78, 5) is 29.2. The lowest BCUT2D eigenvalue weighted by Gasteiger charge is -2.39. The van der Waals surface area contributed by atoms with Gasteiger partial charge in [0.2, 0.25) is 0 Å². The van der Waals surface area contributed by atoms with Gasteiger partial charge in [-0.05, 0) is 5.92 Å². The van der Waals surface area contributed by atoms with Crippen LogP contribution >= 0.6 is 23.5 Å². The van der Waals surface area contributed by atoms with Gasteiger partial charge in [0.05, 0.1) is 41.4 Å². The van der Waals surface area contributed by atoms with Gasteiger partial charge in [0.15, 0.2) is 5.78 Å². The number of Topliss-reactive ketones (excluding diaryl/α,β-unsaturated/α-hetero) is 1. The molecule has 3 fully saturated rings. The Morgan fingerprint density at radius 3 is 1.81 bits per heavy atom. The number of carboxylic acid groups (broad SMARTS) is 1. The van der Waals surface area contributed by atoms with E-state index in [1.54, 1.807) is 0 Å². The third-order valence-electron chi connectivity index (χ3n) is 4.80. The lowest BCUT2D eigenvalue weighted by molar-refractivity contribution is -0.134. The van der Waals surface area contributed by atoms with Gasteiger partial charge < -0.3 is 14.6 Å². The maximum Gasteiger partial charge on any atom is 0.341 e. The second-order valence-corrected chi connectivity index (χ2v) is 9.81. The van der Waals surface area contributed by atoms with E-state index in [4.69, 9.17) is 9.47 Å². The fourth-order valence-electron chi connectivity index (χ4n) is 3.45. The summed E-state index contributed by atoms with van der Waals surface area (Å²) in [5.74, 6) is -1.25. The first-order chi connectivity index (χ1) is 13.0. The zero-order chi connectivity index (χ0) is 19.4. The number of rotatable bonds is 6. The molecule has 0 saturated carbocycles. The molecule has 0 aromatic carbocycles. The first kappa shape index (κ1) is 21.1. The summed E-state index contributed by atoms with van der Waals surface area (Å²) in [5.41, 5.74) is -0.0345. The first-order valence-electron chi connectivity index (χ1n) is 9.45. The molecule has 1 N–H and O–H groups in total. The normalized spacial score (nSPS) is 27.9. The van der Waals surface area contributed by atoms with Crippen molar-refractivity contribution >= 4 is 35.3 Å². The average molecular weight is 417 g/mol. The highest BCUT2D eigenvalue weighted by Gasteiger charge is 2.43. The number of carbonyl (C=O) groups excluding carboxylic acids is 1. The fourth-order valence-corrected chi connectivity index (χ4v) is 6.97. The number of aliphatic carboxylic acids is 1. The van der Waals surface area contributed by atoms with E-state index in [-0.39, 0.29) is 34.4 Å². The molecule has 2 unspecified atom stereocenters. The smallest absolute Gasteiger partial charge is 0.341 e. The van der Waals surface area contributed by atoms with Gasteiger partial charge in [0, 0.05) is 32.6 Å². The lowest BCUT2D eigenvalue weighted by Crippen LogP contribution is -2.52. The zero-order valence-corrected chi connectivity index (χ0v) is 17.5. The molecule has 0 amide bonds. The number of ether oxygens (including phenoxy) is 2. The number of ketones is 1. The molecule has 3 rings (SSSR count). The van der Waals surface area contributed by atoms with E-state index in [0.29, 0.717) is 30.7 Å². The van der Waals surface area contributed by atoms with Crippen LogP contribution in [0.5, 0.6) is 0 Å². The van der Waals surface area contributed by atoms with Crippen molar-refractivity contribution in [2.24, 2.45) is 5.92 Å². The zero-order valence-electron chi connectivity index (χ0n) is 15.9. The summed E-state index contributed by atoms with van der Waals surface area (Å²) < 4.78 is 11.6. The molecule has 3 heterocycles. The second kappa shape index (κ2) is 9.76. The van der Waals surface area contributed by atoms with Gasteiger partial charge in [-0.2, -0.15) is 0 Å². The Morgan fingerprint density at radius 2 is 1.44 bits per heavy atom. The molecular weight excluding hydrogens is 388 g/mol. The van der Waals surface area contributed by atoms with Gasteiger partial charge in [0.1, 0.15) is 5.57 Å². The molecule has 0 bridgehead atoms. The van der Waals surface area contributed by atoms with Crippen LogP contribution in [0, 0.1) is 5.92 Å². The van der Waals surface area contributed by atoms with Gasteiger partial charge in [-0.15, -0.1) is 0 Å². The van der Waals surface area contributed by atoms with Crippen LogP contribution in [-0.2, 0) is 19.1 Å². The minimum absolute atomic E-state index is 0.0345. The number of nitrogens with zero attached hydrogens (tertiary/aromatic N) is 2. The Kier molecular flexibility index (Phi) is 7.64. The second-order valence-electron chi connectivity index (χ2n) is 7.30. The largest absolute Gasteiger partial charge is 0.478 e. The molecule has 152 valence electrons. The van der Waals surface area contributed by atoms with Crippen molar-refractivity contribution in [2.75, 3.05) is 52.6 Å². The highest BCUT2D eigenvalue weighted by atomic mass is 32.2. The Hall–Kier alpha value is -0.580. The standard InChI is InChI=1S/C18H28N2O5S2/c1-12(2)11-13(21)14(17(22)23)18-26-15(19-3-7-24-8-4-19)16(27-18)20-5-9-25-10-6-20/h12,15-16H,3-11H2,1-2H3,(H,22,23). The van der Waals surface area contributed by atoms with Crippen molar-refractivity contribution in [3.8, 4) is 0 Å². The molecule has 3 saturated heterocycles. The molecule has 0 spiro atoms. The molecule has 0 aromatic heterocycles. The molecule has 9 heteroatoms. The number of carboxylic acids is 1. The van der Waals surface area contributed by atoms with Crippen molar-refractivity contribution in [3.63, 3.8) is 0 Å². The van der Waals surface area contributed by atoms with Crippen molar-refractivity contribution in [1.82, 2.24) is 9.80 Å². The minimum atomic E-state index is -1.11. The number of morpholine rings is 2. The van der Waals surface area contributed by atoms with Crippen LogP contribution in [0.4, 0.5) is 0 Å². The number of hydrogen-bond acceptors (Lipinski definition) is 8. The van der Waals surface area contributed by atoms with E-state index in [0.717, 1.165) is 26.2 Å².